The van der Waals surface area contributed by atoms with Gasteiger partial charge in [0, 0.05) is 5.92 Å². The zero-order valence-corrected chi connectivity index (χ0v) is 27.8. The predicted molar refractivity (Wildman–Crippen MR) is 166 cm³/mol. The number of urea groups is 2. The minimum atomic E-state index is -1.04. The third-order valence-electron chi connectivity index (χ3n) is 14.1. The van der Waals surface area contributed by atoms with Crippen LogP contribution in [0.5, 0.6) is 0 Å². The molecule has 0 aromatic rings. The number of carboxylic acid groups (broad SMARTS) is 1. The van der Waals surface area contributed by atoms with E-state index < -0.39 is 35.5 Å². The molecule has 11 nitrogen and oxygen atoms in total. The Balaban J connectivity index is 0.000000309. The van der Waals surface area contributed by atoms with Gasteiger partial charge in [0.2, 0.25) is 0 Å². The van der Waals surface area contributed by atoms with Gasteiger partial charge in [-0.05, 0) is 110 Å². The average molecular weight is 629 g/mol. The van der Waals surface area contributed by atoms with Crippen LogP contribution in [0.2, 0.25) is 0 Å². The summed E-state index contributed by atoms with van der Waals surface area (Å²) in [5.74, 6) is -0.557. The summed E-state index contributed by atoms with van der Waals surface area (Å²) in [7, 11) is 0. The highest BCUT2D eigenvalue weighted by atomic mass is 16.4. The molecule has 7 N–H and O–H groups in total. The summed E-state index contributed by atoms with van der Waals surface area (Å²) in [5.41, 5.74) is 4.84. The summed E-state index contributed by atoms with van der Waals surface area (Å²) in [4.78, 5) is 57.7. The molecule has 0 aromatic carbocycles. The Kier molecular flexibility index (Phi) is 7.82. The van der Waals surface area contributed by atoms with Crippen LogP contribution in [0, 0.1) is 50.2 Å². The summed E-state index contributed by atoms with van der Waals surface area (Å²) >= 11 is 0. The van der Waals surface area contributed by atoms with Gasteiger partial charge in [-0.2, -0.15) is 0 Å². The van der Waals surface area contributed by atoms with Crippen molar-refractivity contribution in [2.24, 2.45) is 56.0 Å². The minimum absolute atomic E-state index is 0.0296. The summed E-state index contributed by atoms with van der Waals surface area (Å²) in [6.45, 7) is 15.8. The summed E-state index contributed by atoms with van der Waals surface area (Å²) in [6, 6.07) is -1.51. The lowest BCUT2D eigenvalue weighted by Gasteiger charge is -2.70. The molecule has 250 valence electrons. The molecule has 5 fully saturated rings. The molecular formula is C34H52N4O7. The molecule has 11 heteroatoms. The third kappa shape index (κ3) is 4.90. The Hall–Kier alpha value is -2.95. The second-order valence-corrected chi connectivity index (χ2v) is 16.8. The maximum Gasteiger partial charge on any atom is 0.323 e. The van der Waals surface area contributed by atoms with E-state index in [1.807, 2.05) is 23.6 Å². The molecule has 5 aliphatic carbocycles. The van der Waals surface area contributed by atoms with Crippen LogP contribution in [0.1, 0.15) is 106 Å². The number of rotatable bonds is 2. The van der Waals surface area contributed by atoms with Crippen molar-refractivity contribution in [2.75, 3.05) is 0 Å². The Morgan fingerprint density at radius 1 is 0.933 bits per heavy atom. The molecule has 3 unspecified atom stereocenters. The molecule has 6 aliphatic rings. The fourth-order valence-corrected chi connectivity index (χ4v) is 11.0. The van der Waals surface area contributed by atoms with Crippen LogP contribution in [0.3, 0.4) is 0 Å². The average Bonchev–Trinajstić information content (AvgIpc) is 3.24. The summed E-state index contributed by atoms with van der Waals surface area (Å²) in [5, 5.41) is 27.0. The van der Waals surface area contributed by atoms with Crippen LogP contribution in [-0.4, -0.2) is 52.2 Å². The second kappa shape index (κ2) is 10.5. The number of aliphatic carboxylic acids is 1. The Bertz CT molecular complexity index is 1360. The zero-order valence-electron chi connectivity index (χ0n) is 27.8. The van der Waals surface area contributed by atoms with Gasteiger partial charge in [0.25, 0.3) is 5.91 Å². The number of primary amides is 1. The Morgan fingerprint density at radius 3 is 2.16 bits per heavy atom. The molecule has 4 saturated carbocycles. The van der Waals surface area contributed by atoms with Crippen LogP contribution in [0.25, 0.3) is 0 Å². The van der Waals surface area contributed by atoms with E-state index in [9.17, 15) is 34.2 Å². The van der Waals surface area contributed by atoms with Crippen LogP contribution < -0.4 is 21.7 Å². The maximum absolute atomic E-state index is 14.2. The highest BCUT2D eigenvalue weighted by molar-refractivity contribution is 6.05. The topological polar surface area (TPSA) is 188 Å². The molecule has 6 rings (SSSR count). The van der Waals surface area contributed by atoms with Gasteiger partial charge >= 0.3 is 18.0 Å². The van der Waals surface area contributed by atoms with Crippen molar-refractivity contribution in [1.82, 2.24) is 16.0 Å². The van der Waals surface area contributed by atoms with Gasteiger partial charge in [-0.15, -0.1) is 0 Å². The number of aliphatic hydroxyl groups is 1. The molecule has 0 radical (unpaired) electrons. The first kappa shape index (κ1) is 33.4. The second-order valence-electron chi connectivity index (χ2n) is 16.8. The van der Waals surface area contributed by atoms with Gasteiger partial charge in [0.15, 0.2) is 11.9 Å². The monoisotopic (exact) mass is 628 g/mol. The van der Waals surface area contributed by atoms with E-state index in [1.54, 1.807) is 0 Å². The van der Waals surface area contributed by atoms with E-state index in [0.717, 1.165) is 51.4 Å². The molecule has 5 amide bonds. The number of fused-ring (bicyclic) bond motifs is 7. The van der Waals surface area contributed by atoms with Gasteiger partial charge in [0.1, 0.15) is 0 Å². The van der Waals surface area contributed by atoms with Gasteiger partial charge in [0.05, 0.1) is 11.5 Å². The number of aliphatic hydroxyl groups excluding tert-OH is 1. The normalized spacial score (nSPS) is 46.4. The van der Waals surface area contributed by atoms with Crippen molar-refractivity contribution in [3.63, 3.8) is 0 Å². The van der Waals surface area contributed by atoms with Crippen LogP contribution in [-0.2, 0) is 14.4 Å². The van der Waals surface area contributed by atoms with E-state index in [1.165, 1.54) is 5.57 Å². The Labute approximate surface area is 265 Å². The number of imide groups is 1. The molecule has 1 heterocycles. The van der Waals surface area contributed by atoms with E-state index in [-0.39, 0.29) is 50.8 Å². The molecule has 10 atom stereocenters. The molecular weight excluding hydrogens is 576 g/mol. The number of nitrogens with one attached hydrogen (secondary N) is 3. The number of nitrogens with two attached hydrogens (primary N) is 1. The van der Waals surface area contributed by atoms with Gasteiger partial charge in [-0.3, -0.25) is 19.7 Å². The quantitative estimate of drug-likeness (QED) is 0.247. The lowest BCUT2D eigenvalue weighted by Crippen LogP contribution is -2.66. The molecule has 0 spiro atoms. The summed E-state index contributed by atoms with van der Waals surface area (Å²) < 4.78 is 0. The zero-order chi connectivity index (χ0) is 33.5. The van der Waals surface area contributed by atoms with E-state index in [0.29, 0.717) is 12.3 Å². The van der Waals surface area contributed by atoms with E-state index >= 15 is 0 Å². The van der Waals surface area contributed by atoms with Crippen molar-refractivity contribution in [2.45, 2.75) is 119 Å². The number of carboxylic acids is 1. The predicted octanol–water partition coefficient (Wildman–Crippen LogP) is 4.23. The van der Waals surface area contributed by atoms with E-state index in [2.05, 4.69) is 46.9 Å². The van der Waals surface area contributed by atoms with Crippen LogP contribution in [0.4, 0.5) is 9.59 Å². The molecule has 45 heavy (non-hydrogen) atoms. The van der Waals surface area contributed by atoms with Gasteiger partial charge < -0.3 is 26.6 Å². The number of hydrogen-bond donors (Lipinski definition) is 6. The molecule has 0 aromatic heterocycles. The van der Waals surface area contributed by atoms with Crippen molar-refractivity contribution in [1.29, 1.82) is 0 Å². The fraction of sp³-hybridized carbons (Fsp3) is 0.794. The largest absolute Gasteiger partial charge is 0.481 e. The van der Waals surface area contributed by atoms with Gasteiger partial charge in [-0.25, -0.2) is 9.59 Å². The van der Waals surface area contributed by atoms with Crippen LogP contribution >= 0.6 is 0 Å². The van der Waals surface area contributed by atoms with Crippen molar-refractivity contribution in [3.05, 3.63) is 11.6 Å². The van der Waals surface area contributed by atoms with Gasteiger partial charge in [-0.1, -0.05) is 47.1 Å². The number of allylic oxidation sites excluding steroid dienone is 2. The molecule has 1 saturated heterocycles. The lowest BCUT2D eigenvalue weighted by molar-refractivity contribution is -0.202. The lowest BCUT2D eigenvalue weighted by atomic mass is 9.33. The number of amides is 5. The molecule has 0 bridgehead atoms. The fourth-order valence-electron chi connectivity index (χ4n) is 11.0. The highest BCUT2D eigenvalue weighted by Crippen LogP contribution is 2.75. The number of ketones is 1. The highest BCUT2D eigenvalue weighted by Gasteiger charge is 2.70. The summed E-state index contributed by atoms with van der Waals surface area (Å²) in [6.07, 6.45) is 8.91. The third-order valence-corrected chi connectivity index (χ3v) is 14.1. The number of carbonyl (C=O) groups excluding carboxylic acids is 4. The first-order chi connectivity index (χ1) is 20.6. The SMILES string of the molecule is CC1(C)C2CC[C@]3(C)C(C(=O)C=C4[C@H]5C[C@@](C)(C(=O)O)CC[C@]5(C)CC[C@]43C)[C@@]2(C)CC[C@@H]1O.NC(=O)NC1NC(=O)NC1=O. The maximum atomic E-state index is 14.2. The standard InChI is InChI=1S/C30H46O4.C4H6N4O3/c1-25(2)21-8-11-30(7)23(28(21,5)10-9-22(25)32)20(31)16-18-19-17-27(4,24(33)34)13-12-26(19,3)14-15-29(18,30)6;5-3(10)6-1-2(9)8-4(11)7-1/h16,19,21-23,32H,8-15,17H2,1-7H3,(H,33,34);1H,(H3,5,6,10)(H2,7,8,9,11)/t19-,21?,22+,23?,26-,27+,28+,29-,30-;/m1./s1. The first-order valence-corrected chi connectivity index (χ1v) is 16.5. The smallest absolute Gasteiger partial charge is 0.323 e. The number of carbonyl (C=O) groups is 5. The van der Waals surface area contributed by atoms with Crippen molar-refractivity contribution >= 4 is 29.7 Å². The number of hydrogen-bond acceptors (Lipinski definition) is 6. The van der Waals surface area contributed by atoms with Crippen LogP contribution in [0.15, 0.2) is 11.6 Å². The molecule has 1 aliphatic heterocycles. The van der Waals surface area contributed by atoms with Crippen molar-refractivity contribution in [3.8, 4) is 0 Å². The first-order valence-electron chi connectivity index (χ1n) is 16.5. The minimum Gasteiger partial charge on any atom is -0.481 e. The van der Waals surface area contributed by atoms with Crippen molar-refractivity contribution < 1.29 is 34.2 Å². The van der Waals surface area contributed by atoms with E-state index in [4.69, 9.17) is 5.73 Å². The Morgan fingerprint density at radius 2 is 1.58 bits per heavy atom.